The van der Waals surface area contributed by atoms with Crippen LogP contribution in [0.4, 0.5) is 105 Å². The first-order valence-electron chi connectivity index (χ1n) is 13.2. The van der Waals surface area contributed by atoms with Gasteiger partial charge >= 0.3 is 223 Å². The summed E-state index contributed by atoms with van der Waals surface area (Å²) in [7, 11) is 0. The summed E-state index contributed by atoms with van der Waals surface area (Å²) >= 11 is -14.0. The number of hydrogen-bond acceptors (Lipinski definition) is 8. The molecule has 2 radical (unpaired) electrons. The van der Waals surface area contributed by atoms with Gasteiger partial charge in [-0.2, -0.15) is 26.3 Å². The molecule has 0 aliphatic carbocycles. The van der Waals surface area contributed by atoms with Crippen LogP contribution < -0.4 is 0 Å². The van der Waals surface area contributed by atoms with Gasteiger partial charge in [-0.25, -0.2) is 0 Å². The topological polar surface area (TPSA) is 137 Å². The van der Waals surface area contributed by atoms with Crippen molar-refractivity contribution in [2.45, 2.75) is 92.0 Å². The molecule has 0 aliphatic rings. The Kier molecular flexibility index (Phi) is 32.0. The zero-order chi connectivity index (χ0) is 48.8. The fourth-order valence-electron chi connectivity index (χ4n) is 2.45. The van der Waals surface area contributed by atoms with Crippen LogP contribution in [0.2, 0.25) is 0 Å². The van der Waals surface area contributed by atoms with Crippen molar-refractivity contribution in [1.29, 1.82) is 0 Å². The fourth-order valence-corrected chi connectivity index (χ4v) is 15.8. The van der Waals surface area contributed by atoms with E-state index in [0.717, 1.165) is 0 Å². The molecule has 0 aromatic heterocycles. The van der Waals surface area contributed by atoms with Gasteiger partial charge in [0.05, 0.1) is 0 Å². The van der Waals surface area contributed by atoms with Gasteiger partial charge in [-0.3, -0.25) is 9.59 Å². The Morgan fingerprint density at radius 2 is 0.694 bits per heavy atom. The molecule has 362 valence electrons. The SMILES string of the molecule is C.C.C.CCC(=O)C(F)(F)F.Cc1ccccc1.O=CC(F)(F)F.O=[C](C(F)(F)F)[Pb]([C](=O)C(F)(F)F)([C](=O)C(F)(F)F)[C](=O)C(F)(F)F.O=[C]([Pb][C](=O)C(F)(F)F)C(F)(F)F. The van der Waals surface area contributed by atoms with E-state index in [0.29, 0.717) is 0 Å². The first-order chi connectivity index (χ1) is 25.6. The standard InChI is InChI=1S/C7H8.C4H5F3O.C2HF3O.6C2F3O.3CH4.2Pb/c1-7-5-3-2-4-6-7;1-2-3(8)4(5,6)7;7*3-2(4,5)1-6;;;;;/h2-6H,1H3;2H2,1H3;1H;;;;;;;3*1H4;;. The molecule has 1 rings (SSSR count). The summed E-state index contributed by atoms with van der Waals surface area (Å²) in [4.78, 5) is 82.2. The summed E-state index contributed by atoms with van der Waals surface area (Å²) in [5.74, 6) is -1.67. The molecule has 0 aliphatic heterocycles. The number of halogens is 24. The van der Waals surface area contributed by atoms with Crippen molar-refractivity contribution in [3.63, 3.8) is 0 Å². The predicted molar refractivity (Wildman–Crippen MR) is 163 cm³/mol. The van der Waals surface area contributed by atoms with Crippen LogP contribution in [0.1, 0.15) is 41.2 Å². The molecule has 0 saturated carbocycles. The van der Waals surface area contributed by atoms with E-state index in [-0.39, 0.29) is 22.3 Å². The van der Waals surface area contributed by atoms with Crippen LogP contribution >= 0.6 is 0 Å². The van der Waals surface area contributed by atoms with Crippen molar-refractivity contribution in [3.05, 3.63) is 35.9 Å². The second kappa shape index (κ2) is 27.2. The normalized spacial score (nSPS) is 12.0. The van der Waals surface area contributed by atoms with Gasteiger partial charge in [0.25, 0.3) is 0 Å². The average molecular weight is 1360 g/mol. The first-order valence-corrected chi connectivity index (χ1v) is 24.9. The van der Waals surface area contributed by atoms with Crippen molar-refractivity contribution in [3.8, 4) is 0 Å². The molecule has 0 unspecified atom stereocenters. The summed E-state index contributed by atoms with van der Waals surface area (Å²) < 4.78 is 258. The molecule has 0 fully saturated rings. The Morgan fingerprint density at radius 1 is 0.468 bits per heavy atom. The fraction of sp³-hybridized carbons (Fsp3) is 0.500. The summed E-state index contributed by atoms with van der Waals surface area (Å²) in [6.07, 6.45) is -49.1. The Morgan fingerprint density at radius 3 is 0.790 bits per heavy atom. The van der Waals surface area contributed by atoms with Gasteiger partial charge < -0.3 is 0 Å². The van der Waals surface area contributed by atoms with Crippen LogP contribution in [-0.2, 0) is 38.4 Å². The third-order valence-electron chi connectivity index (χ3n) is 4.85. The van der Waals surface area contributed by atoms with Crippen LogP contribution in [0.15, 0.2) is 30.3 Å². The van der Waals surface area contributed by atoms with Gasteiger partial charge in [-0.15, -0.1) is 0 Å². The summed E-state index contributed by atoms with van der Waals surface area (Å²) in [6, 6.07) is 10.3. The van der Waals surface area contributed by atoms with Gasteiger partial charge in [-0.05, 0) is 6.92 Å². The average Bonchev–Trinajstić information content (AvgIpc) is 3.02. The molecule has 0 spiro atoms. The van der Waals surface area contributed by atoms with E-state index in [1.807, 2.05) is 18.2 Å². The Hall–Kier alpha value is -3.26. The van der Waals surface area contributed by atoms with Crippen LogP contribution in [-0.4, -0.2) is 127 Å². The number of carbonyl (C=O) groups excluding carboxylic acids is 8. The van der Waals surface area contributed by atoms with Crippen LogP contribution in [0, 0.1) is 6.92 Å². The zero-order valence-corrected chi connectivity index (χ0v) is 35.3. The number of aldehydes is 1. The second-order valence-electron chi connectivity index (χ2n) is 9.42. The quantitative estimate of drug-likeness (QED) is 0.150. The number of benzene rings is 1. The molecule has 0 bridgehead atoms. The maximum atomic E-state index is 12.3. The Labute approximate surface area is 348 Å². The van der Waals surface area contributed by atoms with E-state index in [1.165, 1.54) is 12.5 Å². The van der Waals surface area contributed by atoms with Crippen molar-refractivity contribution < 1.29 is 144 Å². The van der Waals surface area contributed by atoms with Crippen molar-refractivity contribution >= 4 is 77.5 Å². The number of aryl methyl sites for hydroxylation is 1. The molecule has 1 aromatic rings. The van der Waals surface area contributed by atoms with E-state index in [9.17, 15) is 139 Å². The molecule has 62 heavy (non-hydrogen) atoms. The number of Topliss-reactive ketones (excluding diaryl/α,β-unsaturated/α-hetero) is 1. The number of carbonyl (C=O) groups is 8. The van der Waals surface area contributed by atoms with Crippen molar-refractivity contribution in [1.82, 2.24) is 0 Å². The van der Waals surface area contributed by atoms with Crippen molar-refractivity contribution in [2.24, 2.45) is 0 Å². The molecule has 1 aromatic carbocycles. The molecular formula is C28H26F24O8Pb2. The Balaban J connectivity index is -0.000000136. The second-order valence-corrected chi connectivity index (χ2v) is 26.8. The molecule has 0 amide bonds. The minimum atomic E-state index is -10.0. The zero-order valence-electron chi connectivity index (χ0n) is 27.5. The number of hydrogen-bond donors (Lipinski definition) is 0. The van der Waals surface area contributed by atoms with E-state index >= 15 is 0 Å². The van der Waals surface area contributed by atoms with E-state index in [1.54, 1.807) is 0 Å². The van der Waals surface area contributed by atoms with Gasteiger partial charge in [-0.1, -0.05) is 65.1 Å². The number of ketones is 1. The van der Waals surface area contributed by atoms with E-state index in [4.69, 9.17) is 4.79 Å². The summed E-state index contributed by atoms with van der Waals surface area (Å²) in [5.41, 5.74) is 1.32. The Bertz CT molecular complexity index is 1480. The third kappa shape index (κ3) is 27.7. The molecule has 8 nitrogen and oxygen atoms in total. The number of rotatable bonds is 7. The molecule has 0 heterocycles. The minimum absolute atomic E-state index is 0. The van der Waals surface area contributed by atoms with Crippen LogP contribution in [0.25, 0.3) is 0 Å². The van der Waals surface area contributed by atoms with Crippen LogP contribution in [0.5, 0.6) is 0 Å². The van der Waals surface area contributed by atoms with E-state index < -0.39 is 133 Å². The van der Waals surface area contributed by atoms with E-state index in [2.05, 4.69) is 19.1 Å². The summed E-state index contributed by atoms with van der Waals surface area (Å²) in [5, 5.41) is 0. The van der Waals surface area contributed by atoms with Crippen LogP contribution in [0.3, 0.4) is 0 Å². The van der Waals surface area contributed by atoms with Crippen molar-refractivity contribution in [2.75, 3.05) is 0 Å². The maximum absolute atomic E-state index is 12.3. The first kappa shape index (κ1) is 73.2. The number of alkyl halides is 24. The summed E-state index contributed by atoms with van der Waals surface area (Å²) in [6.45, 7) is 3.26. The monoisotopic (exact) mass is 1360 g/mol. The molecule has 0 N–H and O–H groups in total. The van der Waals surface area contributed by atoms with Gasteiger partial charge in [0.2, 0.25) is 12.1 Å². The molecule has 0 atom stereocenters. The molecule has 0 saturated heterocycles. The van der Waals surface area contributed by atoms with Gasteiger partial charge in [0, 0.05) is 6.42 Å². The molecule has 34 heteroatoms. The predicted octanol–water partition coefficient (Wildman–Crippen LogP) is 9.16. The van der Waals surface area contributed by atoms with Gasteiger partial charge in [0.15, 0.2) is 0 Å². The third-order valence-corrected chi connectivity index (χ3v) is 23.8. The molecular weight excluding hydrogens is 1330 g/mol. The van der Waals surface area contributed by atoms with Gasteiger partial charge in [0.1, 0.15) is 0 Å².